The molecular weight excluding hydrogens is 296 g/mol. The summed E-state index contributed by atoms with van der Waals surface area (Å²) >= 11 is 0. The summed E-state index contributed by atoms with van der Waals surface area (Å²) < 4.78 is 5.50. The van der Waals surface area contributed by atoms with Crippen molar-refractivity contribution in [3.8, 4) is 0 Å². The van der Waals surface area contributed by atoms with E-state index in [1.165, 1.54) is 17.5 Å². The Hall–Kier alpha value is -2.81. The van der Waals surface area contributed by atoms with Gasteiger partial charge in [-0.1, -0.05) is 55.8 Å². The molecule has 1 aromatic heterocycles. The van der Waals surface area contributed by atoms with Crippen LogP contribution in [0, 0.1) is 0 Å². The fourth-order valence-corrected chi connectivity index (χ4v) is 2.74. The van der Waals surface area contributed by atoms with Crippen molar-refractivity contribution in [3.05, 3.63) is 90.4 Å². The Labute approximate surface area is 143 Å². The normalized spacial score (nSPS) is 16.6. The molecule has 0 amide bonds. The van der Waals surface area contributed by atoms with Crippen molar-refractivity contribution in [1.82, 2.24) is 9.88 Å². The second kappa shape index (κ2) is 7.64. The molecule has 2 heterocycles. The van der Waals surface area contributed by atoms with Gasteiger partial charge in [0.2, 0.25) is 0 Å². The van der Waals surface area contributed by atoms with Gasteiger partial charge in [0.25, 0.3) is 0 Å². The van der Waals surface area contributed by atoms with Crippen LogP contribution in [-0.4, -0.2) is 9.88 Å². The van der Waals surface area contributed by atoms with Crippen molar-refractivity contribution < 1.29 is 4.42 Å². The minimum Gasteiger partial charge on any atom is -0.442 e. The zero-order valence-electron chi connectivity index (χ0n) is 14.1. The molecule has 24 heavy (non-hydrogen) atoms. The molecule has 1 aromatic carbocycles. The molecule has 1 aliphatic rings. The predicted molar refractivity (Wildman–Crippen MR) is 98.5 cm³/mol. The Kier molecular flexibility index (Phi) is 5.12. The van der Waals surface area contributed by atoms with E-state index in [4.69, 9.17) is 4.42 Å². The third kappa shape index (κ3) is 3.40. The molecule has 3 nitrogen and oxygen atoms in total. The van der Waals surface area contributed by atoms with E-state index in [1.807, 2.05) is 19.1 Å². The first-order valence-corrected chi connectivity index (χ1v) is 8.33. The van der Waals surface area contributed by atoms with Crippen LogP contribution in [0.5, 0.6) is 0 Å². The van der Waals surface area contributed by atoms with Crippen LogP contribution in [0.1, 0.15) is 38.0 Å². The molecule has 0 saturated heterocycles. The molecule has 0 bridgehead atoms. The molecule has 2 aromatic rings. The van der Waals surface area contributed by atoms with E-state index in [-0.39, 0.29) is 0 Å². The van der Waals surface area contributed by atoms with Crippen LogP contribution in [-0.2, 0) is 0 Å². The Morgan fingerprint density at radius 3 is 2.75 bits per heavy atom. The van der Waals surface area contributed by atoms with E-state index in [1.54, 1.807) is 6.20 Å². The molecule has 3 rings (SSSR count). The van der Waals surface area contributed by atoms with Gasteiger partial charge in [0.1, 0.15) is 0 Å². The van der Waals surface area contributed by atoms with Gasteiger partial charge >= 0.3 is 0 Å². The minimum atomic E-state index is 0.765. The summed E-state index contributed by atoms with van der Waals surface area (Å²) in [5, 5.41) is 0. The molecule has 0 N–H and O–H groups in total. The van der Waals surface area contributed by atoms with Crippen LogP contribution in [0.15, 0.2) is 83.5 Å². The maximum atomic E-state index is 5.50. The number of allylic oxidation sites excluding steroid dienone is 5. The molecule has 0 atom stereocenters. The molecule has 0 aliphatic carbocycles. The highest BCUT2D eigenvalue weighted by atomic mass is 16.3. The summed E-state index contributed by atoms with van der Waals surface area (Å²) in [6, 6.07) is 10.4. The molecule has 0 fully saturated rings. The van der Waals surface area contributed by atoms with Gasteiger partial charge in [0.15, 0.2) is 12.2 Å². The van der Waals surface area contributed by atoms with Gasteiger partial charge in [0, 0.05) is 11.9 Å². The van der Waals surface area contributed by atoms with Gasteiger partial charge in [-0.25, -0.2) is 4.98 Å². The number of aromatic nitrogens is 1. The summed E-state index contributed by atoms with van der Waals surface area (Å²) in [5.41, 5.74) is 4.58. The van der Waals surface area contributed by atoms with Crippen LogP contribution < -0.4 is 0 Å². The average molecular weight is 318 g/mol. The molecular formula is C21H22N2O. The van der Waals surface area contributed by atoms with E-state index < -0.39 is 0 Å². The minimum absolute atomic E-state index is 0.765. The number of rotatable bonds is 5. The Morgan fingerprint density at radius 2 is 2.08 bits per heavy atom. The maximum Gasteiger partial charge on any atom is 0.181 e. The number of unbranched alkanes of at least 4 members (excludes halogenated alkanes) is 1. The molecule has 1 aliphatic heterocycles. The number of hydrogen-bond donors (Lipinski definition) is 0. The second-order valence-corrected chi connectivity index (χ2v) is 5.61. The highest BCUT2D eigenvalue weighted by Gasteiger charge is 2.18. The first-order valence-electron chi connectivity index (χ1n) is 8.33. The largest absolute Gasteiger partial charge is 0.442 e. The van der Waals surface area contributed by atoms with E-state index in [0.29, 0.717) is 0 Å². The van der Waals surface area contributed by atoms with E-state index in [9.17, 15) is 0 Å². The van der Waals surface area contributed by atoms with Crippen LogP contribution in [0.3, 0.4) is 0 Å². The SMILES string of the molecule is C/C=C(/c1cnco1)N1C=CC(c2ccccc2)=C/C1=C\CCC. The molecule has 0 unspecified atom stereocenters. The fourth-order valence-electron chi connectivity index (χ4n) is 2.74. The summed E-state index contributed by atoms with van der Waals surface area (Å²) in [4.78, 5) is 6.20. The Bertz CT molecular complexity index is 781. The lowest BCUT2D eigenvalue weighted by Crippen LogP contribution is -2.16. The van der Waals surface area contributed by atoms with Crippen molar-refractivity contribution in [3.63, 3.8) is 0 Å². The topological polar surface area (TPSA) is 29.3 Å². The van der Waals surface area contributed by atoms with E-state index in [2.05, 4.69) is 65.5 Å². The monoisotopic (exact) mass is 318 g/mol. The van der Waals surface area contributed by atoms with Crippen molar-refractivity contribution in [2.24, 2.45) is 0 Å². The highest BCUT2D eigenvalue weighted by Crippen LogP contribution is 2.31. The molecule has 3 heteroatoms. The third-order valence-electron chi connectivity index (χ3n) is 3.95. The number of hydrogen-bond acceptors (Lipinski definition) is 3. The number of nitrogens with zero attached hydrogens (tertiary/aromatic N) is 2. The quantitative estimate of drug-likeness (QED) is 0.715. The van der Waals surface area contributed by atoms with Gasteiger partial charge in [0.05, 0.1) is 11.9 Å². The van der Waals surface area contributed by atoms with E-state index >= 15 is 0 Å². The average Bonchev–Trinajstić information content (AvgIpc) is 3.16. The molecule has 0 saturated carbocycles. The van der Waals surface area contributed by atoms with Gasteiger partial charge in [-0.15, -0.1) is 0 Å². The third-order valence-corrected chi connectivity index (χ3v) is 3.95. The van der Waals surface area contributed by atoms with Gasteiger partial charge in [-0.05, 0) is 36.6 Å². The van der Waals surface area contributed by atoms with Crippen LogP contribution in [0.25, 0.3) is 11.3 Å². The summed E-state index contributed by atoms with van der Waals surface area (Å²) in [6.45, 7) is 4.20. The zero-order valence-corrected chi connectivity index (χ0v) is 14.1. The van der Waals surface area contributed by atoms with Crippen molar-refractivity contribution in [2.45, 2.75) is 26.7 Å². The lowest BCUT2D eigenvalue weighted by molar-refractivity contribution is 0.521. The van der Waals surface area contributed by atoms with Crippen molar-refractivity contribution in [1.29, 1.82) is 0 Å². The van der Waals surface area contributed by atoms with Gasteiger partial charge in [-0.3, -0.25) is 0 Å². The van der Waals surface area contributed by atoms with Gasteiger partial charge in [-0.2, -0.15) is 0 Å². The van der Waals surface area contributed by atoms with Crippen LogP contribution in [0.4, 0.5) is 0 Å². The van der Waals surface area contributed by atoms with Crippen molar-refractivity contribution in [2.75, 3.05) is 0 Å². The first-order chi connectivity index (χ1) is 11.8. The highest BCUT2D eigenvalue weighted by molar-refractivity contribution is 5.79. The van der Waals surface area contributed by atoms with Gasteiger partial charge < -0.3 is 9.32 Å². The van der Waals surface area contributed by atoms with Crippen molar-refractivity contribution >= 4 is 11.3 Å². The van der Waals surface area contributed by atoms with E-state index in [0.717, 1.165) is 30.0 Å². The summed E-state index contributed by atoms with van der Waals surface area (Å²) in [6.07, 6.45) is 16.1. The lowest BCUT2D eigenvalue weighted by Gasteiger charge is -2.27. The summed E-state index contributed by atoms with van der Waals surface area (Å²) in [5.74, 6) is 0.765. The number of oxazole rings is 1. The number of benzene rings is 1. The smallest absolute Gasteiger partial charge is 0.181 e. The zero-order chi connectivity index (χ0) is 16.8. The maximum absolute atomic E-state index is 5.50. The molecule has 0 spiro atoms. The lowest BCUT2D eigenvalue weighted by atomic mass is 10.0. The Balaban J connectivity index is 1.97. The van der Waals surface area contributed by atoms with Crippen LogP contribution in [0.2, 0.25) is 0 Å². The standard InChI is InChI=1S/C21H22N2O/c1-3-5-11-19-14-18(17-9-7-6-8-10-17)12-13-23(19)20(4-2)21-15-22-16-24-21/h4,6-16H,3,5H2,1-2H3/b19-11+,20-4-. The predicted octanol–water partition coefficient (Wildman–Crippen LogP) is 5.63. The molecule has 122 valence electrons. The fraction of sp³-hybridized carbons (Fsp3) is 0.190. The summed E-state index contributed by atoms with van der Waals surface area (Å²) in [7, 11) is 0. The second-order valence-electron chi connectivity index (χ2n) is 5.61. The molecule has 0 radical (unpaired) electrons. The van der Waals surface area contributed by atoms with Crippen LogP contribution >= 0.6 is 0 Å². The Morgan fingerprint density at radius 1 is 1.25 bits per heavy atom. The first kappa shape index (κ1) is 16.1.